The van der Waals surface area contributed by atoms with Crippen molar-refractivity contribution in [1.29, 1.82) is 0 Å². The van der Waals surface area contributed by atoms with Gasteiger partial charge in [0.1, 0.15) is 5.60 Å². The summed E-state index contributed by atoms with van der Waals surface area (Å²) in [7, 11) is 1.79. The van der Waals surface area contributed by atoms with E-state index in [9.17, 15) is 4.79 Å². The van der Waals surface area contributed by atoms with E-state index in [1.165, 1.54) is 0 Å². The molecular weight excluding hydrogens is 192 g/mol. The number of likely N-dealkylation sites (N-methyl/N-ethyl adjacent to an activating group) is 1. The van der Waals surface area contributed by atoms with Gasteiger partial charge in [-0.3, -0.25) is 4.79 Å². The van der Waals surface area contributed by atoms with Crippen molar-refractivity contribution in [2.75, 3.05) is 20.2 Å². The normalized spacial score (nSPS) is 26.7. The van der Waals surface area contributed by atoms with Gasteiger partial charge in [0.05, 0.1) is 0 Å². The molecule has 0 aromatic rings. The Kier molecular flexibility index (Phi) is 3.41. The van der Waals surface area contributed by atoms with Gasteiger partial charge in [-0.15, -0.1) is 0 Å². The summed E-state index contributed by atoms with van der Waals surface area (Å²) in [5.41, 5.74) is 4.70. The lowest BCUT2D eigenvalue weighted by Crippen LogP contribution is -2.56. The highest BCUT2D eigenvalue weighted by molar-refractivity contribution is 5.85. The molecular formula is C11H22N2O2. The lowest BCUT2D eigenvalue weighted by atomic mass is 9.96. The van der Waals surface area contributed by atoms with Crippen LogP contribution in [0.5, 0.6) is 0 Å². The molecule has 0 spiro atoms. The van der Waals surface area contributed by atoms with E-state index in [0.717, 1.165) is 12.8 Å². The van der Waals surface area contributed by atoms with E-state index in [0.29, 0.717) is 13.2 Å². The van der Waals surface area contributed by atoms with E-state index in [2.05, 4.69) is 0 Å². The Hall–Kier alpha value is -0.610. The third kappa shape index (κ3) is 2.32. The van der Waals surface area contributed by atoms with Crippen molar-refractivity contribution in [2.24, 2.45) is 5.73 Å². The second-order valence-corrected chi connectivity index (χ2v) is 5.06. The molecule has 1 aliphatic rings. The van der Waals surface area contributed by atoms with Crippen LogP contribution >= 0.6 is 0 Å². The summed E-state index contributed by atoms with van der Waals surface area (Å²) in [4.78, 5) is 13.9. The van der Waals surface area contributed by atoms with Gasteiger partial charge >= 0.3 is 0 Å². The fraction of sp³-hybridized carbons (Fsp3) is 0.909. The van der Waals surface area contributed by atoms with Gasteiger partial charge in [0.2, 0.25) is 0 Å². The second-order valence-electron chi connectivity index (χ2n) is 5.06. The number of rotatable bonds is 3. The van der Waals surface area contributed by atoms with E-state index in [1.54, 1.807) is 11.9 Å². The van der Waals surface area contributed by atoms with Crippen molar-refractivity contribution in [2.45, 2.75) is 44.8 Å². The molecule has 1 heterocycles. The maximum atomic E-state index is 12.2. The van der Waals surface area contributed by atoms with Crippen LogP contribution in [0.15, 0.2) is 0 Å². The lowest BCUT2D eigenvalue weighted by molar-refractivity contribution is -0.154. The van der Waals surface area contributed by atoms with Crippen LogP contribution in [0.4, 0.5) is 0 Å². The topological polar surface area (TPSA) is 55.6 Å². The first-order chi connectivity index (χ1) is 6.83. The Bertz CT molecular complexity index is 245. The molecule has 1 atom stereocenters. The summed E-state index contributed by atoms with van der Waals surface area (Å²) in [6, 6.07) is 0. The van der Waals surface area contributed by atoms with Crippen LogP contribution in [-0.2, 0) is 9.53 Å². The lowest BCUT2D eigenvalue weighted by Gasteiger charge is -2.39. The van der Waals surface area contributed by atoms with Gasteiger partial charge in [-0.25, -0.2) is 0 Å². The Labute approximate surface area is 91.8 Å². The highest BCUT2D eigenvalue weighted by atomic mass is 16.5. The summed E-state index contributed by atoms with van der Waals surface area (Å²) in [6.45, 7) is 6.92. The third-order valence-electron chi connectivity index (χ3n) is 3.38. The molecule has 0 bridgehead atoms. The highest BCUT2D eigenvalue weighted by Gasteiger charge is 2.42. The first kappa shape index (κ1) is 12.5. The molecule has 0 aromatic heterocycles. The Balaban J connectivity index is 2.76. The Morgan fingerprint density at radius 1 is 1.60 bits per heavy atom. The van der Waals surface area contributed by atoms with Crippen molar-refractivity contribution in [3.63, 3.8) is 0 Å². The maximum Gasteiger partial charge on any atom is 0.254 e. The van der Waals surface area contributed by atoms with Crippen LogP contribution in [0.25, 0.3) is 0 Å². The number of hydrogen-bond donors (Lipinski definition) is 1. The zero-order valence-corrected chi connectivity index (χ0v) is 10.2. The van der Waals surface area contributed by atoms with E-state index < -0.39 is 5.60 Å². The molecule has 1 unspecified atom stereocenters. The smallest absolute Gasteiger partial charge is 0.254 e. The maximum absolute atomic E-state index is 12.2. The molecule has 15 heavy (non-hydrogen) atoms. The molecule has 2 N–H and O–H groups in total. The number of hydrogen-bond acceptors (Lipinski definition) is 3. The van der Waals surface area contributed by atoms with Crippen LogP contribution < -0.4 is 5.73 Å². The predicted octanol–water partition coefficient (Wildman–Crippen LogP) is 0.751. The molecule has 1 aliphatic heterocycles. The third-order valence-corrected chi connectivity index (χ3v) is 3.38. The van der Waals surface area contributed by atoms with Crippen LogP contribution in [0.2, 0.25) is 0 Å². The number of carbonyl (C=O) groups excluding carboxylic acids is 1. The monoisotopic (exact) mass is 214 g/mol. The number of nitrogens with two attached hydrogens (primary N) is 1. The standard InChI is InChI=1S/C11H22N2O2/c1-10(2,8-12)13(4)9(14)11(3)6-5-7-15-11/h5-8,12H2,1-4H3. The summed E-state index contributed by atoms with van der Waals surface area (Å²) < 4.78 is 5.53. The molecule has 0 aliphatic carbocycles. The van der Waals surface area contributed by atoms with E-state index in [4.69, 9.17) is 10.5 Å². The quantitative estimate of drug-likeness (QED) is 0.754. The zero-order chi connectivity index (χ0) is 11.7. The summed E-state index contributed by atoms with van der Waals surface area (Å²) in [6.07, 6.45) is 1.76. The van der Waals surface area contributed by atoms with Gasteiger partial charge in [0.25, 0.3) is 5.91 Å². The van der Waals surface area contributed by atoms with Crippen LogP contribution in [0, 0.1) is 0 Å². The largest absolute Gasteiger partial charge is 0.365 e. The molecule has 4 heteroatoms. The summed E-state index contributed by atoms with van der Waals surface area (Å²) in [5, 5.41) is 0. The van der Waals surface area contributed by atoms with Gasteiger partial charge in [0.15, 0.2) is 0 Å². The molecule has 88 valence electrons. The number of carbonyl (C=O) groups is 1. The fourth-order valence-electron chi connectivity index (χ4n) is 1.71. The second kappa shape index (κ2) is 4.10. The molecule has 1 amide bonds. The SMILES string of the molecule is CN(C(=O)C1(C)CCCO1)C(C)(C)CN. The van der Waals surface area contributed by atoms with Gasteiger partial charge in [-0.05, 0) is 33.6 Å². The molecule has 0 radical (unpaired) electrons. The van der Waals surface area contributed by atoms with Crippen LogP contribution in [0.3, 0.4) is 0 Å². The molecule has 0 saturated carbocycles. The van der Waals surface area contributed by atoms with Gasteiger partial charge in [-0.1, -0.05) is 0 Å². The highest BCUT2D eigenvalue weighted by Crippen LogP contribution is 2.28. The van der Waals surface area contributed by atoms with Crippen molar-refractivity contribution in [1.82, 2.24) is 4.90 Å². The first-order valence-corrected chi connectivity index (χ1v) is 5.46. The summed E-state index contributed by atoms with van der Waals surface area (Å²) in [5.74, 6) is 0.0375. The Morgan fingerprint density at radius 3 is 2.60 bits per heavy atom. The Morgan fingerprint density at radius 2 is 2.20 bits per heavy atom. The van der Waals surface area contributed by atoms with Crippen molar-refractivity contribution >= 4 is 5.91 Å². The fourth-order valence-corrected chi connectivity index (χ4v) is 1.71. The van der Waals surface area contributed by atoms with E-state index >= 15 is 0 Å². The van der Waals surface area contributed by atoms with Crippen molar-refractivity contribution in [3.05, 3.63) is 0 Å². The summed E-state index contributed by atoms with van der Waals surface area (Å²) >= 11 is 0. The molecule has 4 nitrogen and oxygen atoms in total. The predicted molar refractivity (Wildman–Crippen MR) is 59.5 cm³/mol. The molecule has 1 fully saturated rings. The zero-order valence-electron chi connectivity index (χ0n) is 10.2. The average molecular weight is 214 g/mol. The van der Waals surface area contributed by atoms with Crippen LogP contribution in [-0.4, -0.2) is 42.1 Å². The van der Waals surface area contributed by atoms with Gasteiger partial charge < -0.3 is 15.4 Å². The van der Waals surface area contributed by atoms with Gasteiger partial charge in [0, 0.05) is 25.7 Å². The molecule has 0 aromatic carbocycles. The van der Waals surface area contributed by atoms with Crippen molar-refractivity contribution in [3.8, 4) is 0 Å². The van der Waals surface area contributed by atoms with E-state index in [-0.39, 0.29) is 11.4 Å². The first-order valence-electron chi connectivity index (χ1n) is 5.46. The van der Waals surface area contributed by atoms with Crippen molar-refractivity contribution < 1.29 is 9.53 Å². The number of ether oxygens (including phenoxy) is 1. The van der Waals surface area contributed by atoms with Gasteiger partial charge in [-0.2, -0.15) is 0 Å². The molecule has 1 saturated heterocycles. The minimum atomic E-state index is -0.638. The number of nitrogens with zero attached hydrogens (tertiary/aromatic N) is 1. The van der Waals surface area contributed by atoms with Crippen LogP contribution in [0.1, 0.15) is 33.6 Å². The number of amides is 1. The minimum absolute atomic E-state index is 0.0375. The van der Waals surface area contributed by atoms with E-state index in [1.807, 2.05) is 20.8 Å². The minimum Gasteiger partial charge on any atom is -0.365 e. The molecule has 1 rings (SSSR count). The average Bonchev–Trinajstić information content (AvgIpc) is 2.64.